The molecule has 3 rings (SSSR count). The van der Waals surface area contributed by atoms with Gasteiger partial charge in [0.1, 0.15) is 18.4 Å². The maximum Gasteiger partial charge on any atom is 0.329 e. The normalized spacial score (nSPS) is 20.9. The standard InChI is InChI=1S/C27H37NO4Si/c1-26(2,3)33(6,7)28-23(24(29)32-19-21-11-9-8-10-12-21)27(4,25(28)30)18-17-20-13-15-22(31-5)16-14-20/h8-16,23H,17-19H2,1-7H3/t23-,27-/m1/s1. The average Bonchev–Trinajstić information content (AvgIpc) is 2.79. The number of hydrogen-bond donors (Lipinski definition) is 0. The van der Waals surface area contributed by atoms with Crippen molar-refractivity contribution in [2.24, 2.45) is 5.41 Å². The maximum atomic E-state index is 13.6. The van der Waals surface area contributed by atoms with E-state index >= 15 is 0 Å². The van der Waals surface area contributed by atoms with Crippen molar-refractivity contribution in [2.45, 2.75) is 71.3 Å². The van der Waals surface area contributed by atoms with E-state index in [9.17, 15) is 9.59 Å². The fourth-order valence-electron chi connectivity index (χ4n) is 4.28. The molecular formula is C27H37NO4Si. The zero-order chi connectivity index (χ0) is 24.4. The van der Waals surface area contributed by atoms with E-state index in [0.29, 0.717) is 12.8 Å². The molecule has 1 aliphatic heterocycles. The lowest BCUT2D eigenvalue weighted by atomic mass is 9.70. The summed E-state index contributed by atoms with van der Waals surface area (Å²) in [5.41, 5.74) is 1.28. The van der Waals surface area contributed by atoms with Gasteiger partial charge >= 0.3 is 5.97 Å². The van der Waals surface area contributed by atoms with Crippen LogP contribution in [0.3, 0.4) is 0 Å². The van der Waals surface area contributed by atoms with E-state index < -0.39 is 19.7 Å². The molecule has 2 aromatic carbocycles. The van der Waals surface area contributed by atoms with Gasteiger partial charge in [-0.1, -0.05) is 76.3 Å². The van der Waals surface area contributed by atoms with Gasteiger partial charge < -0.3 is 14.0 Å². The van der Waals surface area contributed by atoms with Gasteiger partial charge in [0.25, 0.3) is 0 Å². The minimum Gasteiger partial charge on any atom is -0.497 e. The first kappa shape index (κ1) is 25.0. The molecule has 0 unspecified atom stereocenters. The van der Waals surface area contributed by atoms with E-state index in [2.05, 4.69) is 33.9 Å². The van der Waals surface area contributed by atoms with E-state index in [-0.39, 0.29) is 23.5 Å². The van der Waals surface area contributed by atoms with E-state index in [1.807, 2.05) is 66.1 Å². The lowest BCUT2D eigenvalue weighted by Gasteiger charge is -2.61. The van der Waals surface area contributed by atoms with E-state index in [4.69, 9.17) is 9.47 Å². The Morgan fingerprint density at radius 3 is 2.18 bits per heavy atom. The number of hydrogen-bond acceptors (Lipinski definition) is 4. The molecule has 0 saturated carbocycles. The highest BCUT2D eigenvalue weighted by atomic mass is 28.3. The van der Waals surface area contributed by atoms with Gasteiger partial charge in [-0.05, 0) is 48.1 Å². The van der Waals surface area contributed by atoms with Crippen LogP contribution in [-0.4, -0.2) is 37.8 Å². The fraction of sp³-hybridized carbons (Fsp3) is 0.481. The van der Waals surface area contributed by atoms with Gasteiger partial charge in [0, 0.05) is 0 Å². The molecule has 2 aromatic rings. The molecule has 33 heavy (non-hydrogen) atoms. The van der Waals surface area contributed by atoms with Crippen LogP contribution >= 0.6 is 0 Å². The van der Waals surface area contributed by atoms with Crippen LogP contribution in [0.15, 0.2) is 54.6 Å². The Morgan fingerprint density at radius 2 is 1.64 bits per heavy atom. The lowest BCUT2D eigenvalue weighted by molar-refractivity contribution is -0.179. The van der Waals surface area contributed by atoms with Gasteiger partial charge in [-0.3, -0.25) is 4.79 Å². The van der Waals surface area contributed by atoms with Crippen LogP contribution < -0.4 is 4.74 Å². The zero-order valence-corrected chi connectivity index (χ0v) is 22.0. The van der Waals surface area contributed by atoms with Crippen LogP contribution in [0.1, 0.15) is 45.2 Å². The molecule has 1 saturated heterocycles. The molecular weight excluding hydrogens is 430 g/mol. The van der Waals surface area contributed by atoms with Crippen molar-refractivity contribution in [1.29, 1.82) is 0 Å². The first-order valence-corrected chi connectivity index (χ1v) is 14.5. The number of β-lactam (4-membered cyclic amide) rings is 1. The average molecular weight is 468 g/mol. The number of benzene rings is 2. The van der Waals surface area contributed by atoms with Gasteiger partial charge in [0.2, 0.25) is 5.91 Å². The summed E-state index contributed by atoms with van der Waals surface area (Å²) in [6.07, 6.45) is 1.30. The highest BCUT2D eigenvalue weighted by Gasteiger charge is 2.66. The molecule has 0 N–H and O–H groups in total. The third-order valence-electron chi connectivity index (χ3n) is 7.55. The molecule has 1 aliphatic rings. The molecule has 2 atom stereocenters. The number of aryl methyl sites for hydroxylation is 1. The number of amides is 1. The number of ether oxygens (including phenoxy) is 2. The third-order valence-corrected chi connectivity index (χ3v) is 12.9. The summed E-state index contributed by atoms with van der Waals surface area (Å²) in [6.45, 7) is 13.0. The Hall–Kier alpha value is -2.60. The first-order chi connectivity index (χ1) is 15.4. The van der Waals surface area contributed by atoms with Crippen molar-refractivity contribution < 1.29 is 19.1 Å². The van der Waals surface area contributed by atoms with Crippen molar-refractivity contribution in [3.8, 4) is 5.75 Å². The van der Waals surface area contributed by atoms with Crippen molar-refractivity contribution in [1.82, 2.24) is 4.57 Å². The minimum atomic E-state index is -2.26. The number of nitrogens with zero attached hydrogens (tertiary/aromatic N) is 1. The molecule has 1 fully saturated rings. The smallest absolute Gasteiger partial charge is 0.329 e. The molecule has 5 nitrogen and oxygen atoms in total. The second-order valence-electron chi connectivity index (χ2n) is 10.7. The summed E-state index contributed by atoms with van der Waals surface area (Å²) in [7, 11) is -0.619. The van der Waals surface area contributed by atoms with Crippen molar-refractivity contribution in [3.63, 3.8) is 0 Å². The molecule has 6 heteroatoms. The zero-order valence-electron chi connectivity index (χ0n) is 21.0. The molecule has 0 spiro atoms. The predicted molar refractivity (Wildman–Crippen MR) is 133 cm³/mol. The largest absolute Gasteiger partial charge is 0.497 e. The Labute approximate surface area is 199 Å². The van der Waals surface area contributed by atoms with Gasteiger partial charge in [-0.25, -0.2) is 4.79 Å². The van der Waals surface area contributed by atoms with Crippen LogP contribution in [0.4, 0.5) is 0 Å². The number of methoxy groups -OCH3 is 1. The monoisotopic (exact) mass is 467 g/mol. The second-order valence-corrected chi connectivity index (χ2v) is 15.8. The molecule has 1 amide bonds. The highest BCUT2D eigenvalue weighted by Crippen LogP contribution is 2.51. The Balaban J connectivity index is 1.83. The summed E-state index contributed by atoms with van der Waals surface area (Å²) < 4.78 is 12.9. The lowest BCUT2D eigenvalue weighted by Crippen LogP contribution is -2.79. The van der Waals surface area contributed by atoms with Gasteiger partial charge in [-0.2, -0.15) is 0 Å². The summed E-state index contributed by atoms with van der Waals surface area (Å²) in [4.78, 5) is 27.0. The quantitative estimate of drug-likeness (QED) is 0.288. The van der Waals surface area contributed by atoms with Gasteiger partial charge in [-0.15, -0.1) is 0 Å². The SMILES string of the molecule is COc1ccc(CC[C@@]2(C)C(=O)N([Si](C)(C)C(C)(C)C)[C@@H]2C(=O)OCc2ccccc2)cc1. The molecule has 1 heterocycles. The molecule has 0 bridgehead atoms. The fourth-order valence-corrected chi connectivity index (χ4v) is 6.80. The summed E-state index contributed by atoms with van der Waals surface area (Å²) in [5, 5.41) is -0.0715. The first-order valence-electron chi connectivity index (χ1n) is 11.6. The second kappa shape index (κ2) is 9.33. The Bertz CT molecular complexity index is 981. The molecule has 0 aromatic heterocycles. The molecule has 0 radical (unpaired) electrons. The summed E-state index contributed by atoms with van der Waals surface area (Å²) >= 11 is 0. The summed E-state index contributed by atoms with van der Waals surface area (Å²) in [5.74, 6) is 0.570. The van der Waals surface area contributed by atoms with Crippen LogP contribution in [0, 0.1) is 5.41 Å². The number of rotatable bonds is 8. The topological polar surface area (TPSA) is 55.8 Å². The maximum absolute atomic E-state index is 13.6. The predicted octanol–water partition coefficient (Wildman–Crippen LogP) is 5.59. The number of esters is 1. The van der Waals surface area contributed by atoms with Crippen molar-refractivity contribution in [2.75, 3.05) is 7.11 Å². The van der Waals surface area contributed by atoms with E-state index in [0.717, 1.165) is 16.9 Å². The Kier molecular flexibility index (Phi) is 7.08. The molecule has 178 valence electrons. The van der Waals surface area contributed by atoms with Crippen LogP contribution in [0.25, 0.3) is 0 Å². The van der Waals surface area contributed by atoms with Crippen molar-refractivity contribution >= 4 is 20.1 Å². The third kappa shape index (κ3) is 4.86. The summed E-state index contributed by atoms with van der Waals surface area (Å²) in [6, 6.07) is 17.0. The van der Waals surface area contributed by atoms with Crippen LogP contribution in [0.2, 0.25) is 18.1 Å². The highest BCUT2D eigenvalue weighted by molar-refractivity contribution is 6.80. The van der Waals surface area contributed by atoms with Crippen LogP contribution in [0.5, 0.6) is 5.75 Å². The van der Waals surface area contributed by atoms with E-state index in [1.54, 1.807) is 7.11 Å². The van der Waals surface area contributed by atoms with Crippen LogP contribution in [-0.2, 0) is 27.4 Å². The number of carbonyl (C=O) groups excluding carboxylic acids is 2. The molecule has 0 aliphatic carbocycles. The minimum absolute atomic E-state index is 0.0715. The van der Waals surface area contributed by atoms with Gasteiger partial charge in [0.15, 0.2) is 8.24 Å². The number of carbonyl (C=O) groups is 2. The van der Waals surface area contributed by atoms with E-state index in [1.165, 1.54) is 0 Å². The van der Waals surface area contributed by atoms with Gasteiger partial charge in [0.05, 0.1) is 12.5 Å². The Morgan fingerprint density at radius 1 is 1.03 bits per heavy atom. The van der Waals surface area contributed by atoms with Crippen molar-refractivity contribution in [3.05, 3.63) is 65.7 Å².